The Hall–Kier alpha value is -2.63. The Morgan fingerprint density at radius 3 is 2.17 bits per heavy atom. The second-order valence-corrected chi connectivity index (χ2v) is 6.19. The lowest BCUT2D eigenvalue weighted by Crippen LogP contribution is -2.15. The average Bonchev–Trinajstić information content (AvgIpc) is 2.91. The van der Waals surface area contributed by atoms with E-state index in [1.54, 1.807) is 30.5 Å². The predicted molar refractivity (Wildman–Crippen MR) is 94.7 cm³/mol. The molecule has 0 saturated carbocycles. The summed E-state index contributed by atoms with van der Waals surface area (Å²) in [5.41, 5.74) is 1.44. The first-order valence-electron chi connectivity index (χ1n) is 8.11. The number of imidazole rings is 1. The molecule has 24 heavy (non-hydrogen) atoms. The number of aryl methyl sites for hydroxylation is 2. The Bertz CT molecular complexity index is 689. The van der Waals surface area contributed by atoms with E-state index in [-0.39, 0.29) is 11.8 Å². The molecule has 0 aliphatic heterocycles. The Morgan fingerprint density at radius 1 is 1.08 bits per heavy atom. The highest BCUT2D eigenvalue weighted by Crippen LogP contribution is 2.15. The summed E-state index contributed by atoms with van der Waals surface area (Å²) in [5, 5.41) is 5.69. The van der Waals surface area contributed by atoms with Crippen LogP contribution in [0.2, 0.25) is 0 Å². The molecule has 1 aromatic carbocycles. The average molecular weight is 328 g/mol. The smallest absolute Gasteiger partial charge is 0.226 e. The minimum atomic E-state index is -0.0558. The van der Waals surface area contributed by atoms with Gasteiger partial charge in [0.05, 0.1) is 0 Å². The molecule has 2 N–H and O–H groups in total. The predicted octanol–water partition coefficient (Wildman–Crippen LogP) is 3.20. The van der Waals surface area contributed by atoms with Crippen molar-refractivity contribution < 1.29 is 9.59 Å². The lowest BCUT2D eigenvalue weighted by Gasteiger charge is -2.09. The van der Waals surface area contributed by atoms with Gasteiger partial charge in [-0.3, -0.25) is 9.59 Å². The number of carbonyl (C=O) groups is 2. The van der Waals surface area contributed by atoms with Crippen LogP contribution in [0.4, 0.5) is 11.4 Å². The van der Waals surface area contributed by atoms with Gasteiger partial charge in [-0.25, -0.2) is 4.98 Å². The van der Waals surface area contributed by atoms with Crippen LogP contribution in [0, 0.1) is 12.8 Å². The molecule has 0 spiro atoms. The highest BCUT2D eigenvalue weighted by atomic mass is 16.2. The van der Waals surface area contributed by atoms with Crippen LogP contribution in [0.3, 0.4) is 0 Å². The van der Waals surface area contributed by atoms with Crippen molar-refractivity contribution in [2.45, 2.75) is 40.2 Å². The van der Waals surface area contributed by atoms with Gasteiger partial charge in [-0.2, -0.15) is 0 Å². The molecule has 1 heterocycles. The molecule has 0 unspecified atom stereocenters. The third-order valence-corrected chi connectivity index (χ3v) is 3.55. The highest BCUT2D eigenvalue weighted by molar-refractivity contribution is 5.92. The molecule has 0 atom stereocenters. The first kappa shape index (κ1) is 17.7. The molecule has 0 saturated heterocycles. The van der Waals surface area contributed by atoms with Crippen LogP contribution < -0.4 is 10.6 Å². The zero-order valence-electron chi connectivity index (χ0n) is 14.4. The molecule has 2 amide bonds. The number of nitrogens with zero attached hydrogens (tertiary/aromatic N) is 2. The van der Waals surface area contributed by atoms with Crippen molar-refractivity contribution >= 4 is 23.2 Å². The van der Waals surface area contributed by atoms with Crippen molar-refractivity contribution in [3.05, 3.63) is 42.5 Å². The maximum atomic E-state index is 12.0. The maximum Gasteiger partial charge on any atom is 0.226 e. The molecule has 2 aromatic rings. The first-order chi connectivity index (χ1) is 11.4. The fourth-order valence-electron chi connectivity index (χ4n) is 2.31. The Balaban J connectivity index is 1.81. The summed E-state index contributed by atoms with van der Waals surface area (Å²) in [6.07, 6.45) is 4.45. The number of carbonyl (C=O) groups excluding carboxylic acids is 2. The number of benzene rings is 1. The largest absolute Gasteiger partial charge is 0.335 e. The van der Waals surface area contributed by atoms with E-state index in [1.165, 1.54) is 0 Å². The van der Waals surface area contributed by atoms with Crippen LogP contribution in [0.15, 0.2) is 36.7 Å². The molecule has 0 aliphatic rings. The number of rotatable bonds is 7. The normalized spacial score (nSPS) is 10.7. The lowest BCUT2D eigenvalue weighted by atomic mass is 10.1. The molecule has 0 bridgehead atoms. The van der Waals surface area contributed by atoms with Gasteiger partial charge < -0.3 is 15.2 Å². The molecule has 2 rings (SSSR count). The molecule has 6 heteroatoms. The van der Waals surface area contributed by atoms with Gasteiger partial charge >= 0.3 is 0 Å². The zero-order chi connectivity index (χ0) is 17.5. The second-order valence-electron chi connectivity index (χ2n) is 6.19. The van der Waals surface area contributed by atoms with Gasteiger partial charge in [-0.05, 0) is 37.1 Å². The van der Waals surface area contributed by atoms with Gasteiger partial charge in [-0.15, -0.1) is 0 Å². The minimum Gasteiger partial charge on any atom is -0.335 e. The number of aromatic nitrogens is 2. The van der Waals surface area contributed by atoms with E-state index in [1.807, 2.05) is 31.5 Å². The highest BCUT2D eigenvalue weighted by Gasteiger charge is 2.07. The Morgan fingerprint density at radius 2 is 1.67 bits per heavy atom. The van der Waals surface area contributed by atoms with E-state index in [2.05, 4.69) is 15.6 Å². The minimum absolute atomic E-state index is 0.00233. The van der Waals surface area contributed by atoms with Gasteiger partial charge in [0.25, 0.3) is 0 Å². The molecular formula is C18H24N4O2. The van der Waals surface area contributed by atoms with Gasteiger partial charge in [0.2, 0.25) is 11.8 Å². The van der Waals surface area contributed by atoms with Crippen LogP contribution in [0.25, 0.3) is 0 Å². The van der Waals surface area contributed by atoms with Crippen molar-refractivity contribution in [3.63, 3.8) is 0 Å². The lowest BCUT2D eigenvalue weighted by molar-refractivity contribution is -0.117. The van der Waals surface area contributed by atoms with Gasteiger partial charge in [-0.1, -0.05) is 13.8 Å². The van der Waals surface area contributed by atoms with E-state index in [0.717, 1.165) is 11.5 Å². The van der Waals surface area contributed by atoms with E-state index in [4.69, 9.17) is 0 Å². The van der Waals surface area contributed by atoms with Crippen LogP contribution in [0.5, 0.6) is 0 Å². The summed E-state index contributed by atoms with van der Waals surface area (Å²) in [4.78, 5) is 27.8. The Labute approximate surface area is 142 Å². The third-order valence-electron chi connectivity index (χ3n) is 3.55. The standard InChI is InChI=1S/C18H24N4O2/c1-13(2)12-18(24)21-16-6-4-15(5-7-16)20-17(23)8-10-22-11-9-19-14(22)3/h4-7,9,11,13H,8,10,12H2,1-3H3,(H,20,23)(H,21,24). The number of nitrogens with one attached hydrogen (secondary N) is 2. The van der Waals surface area contributed by atoms with Crippen LogP contribution in [-0.2, 0) is 16.1 Å². The van der Waals surface area contributed by atoms with E-state index in [9.17, 15) is 9.59 Å². The summed E-state index contributed by atoms with van der Waals surface area (Å²) in [7, 11) is 0. The van der Waals surface area contributed by atoms with Crippen molar-refractivity contribution in [3.8, 4) is 0 Å². The molecule has 1 aromatic heterocycles. The van der Waals surface area contributed by atoms with Crippen molar-refractivity contribution in [2.24, 2.45) is 5.92 Å². The monoisotopic (exact) mass is 328 g/mol. The summed E-state index contributed by atoms with van der Waals surface area (Å²) in [6.45, 7) is 6.51. The number of hydrogen-bond acceptors (Lipinski definition) is 3. The van der Waals surface area contributed by atoms with Crippen LogP contribution in [-0.4, -0.2) is 21.4 Å². The molecular weight excluding hydrogens is 304 g/mol. The third kappa shape index (κ3) is 5.53. The van der Waals surface area contributed by atoms with Crippen molar-refractivity contribution in [2.75, 3.05) is 10.6 Å². The molecule has 0 fully saturated rings. The SMILES string of the molecule is Cc1nccn1CCC(=O)Nc1ccc(NC(=O)CC(C)C)cc1. The number of amides is 2. The fraction of sp³-hybridized carbons (Fsp3) is 0.389. The number of anilines is 2. The van der Waals surface area contributed by atoms with Crippen molar-refractivity contribution in [1.82, 2.24) is 9.55 Å². The summed E-state index contributed by atoms with van der Waals surface area (Å²) in [6, 6.07) is 7.14. The summed E-state index contributed by atoms with van der Waals surface area (Å²) >= 11 is 0. The zero-order valence-corrected chi connectivity index (χ0v) is 14.4. The maximum absolute atomic E-state index is 12.0. The summed E-state index contributed by atoms with van der Waals surface area (Å²) < 4.78 is 1.94. The molecule has 128 valence electrons. The topological polar surface area (TPSA) is 76.0 Å². The first-order valence-corrected chi connectivity index (χ1v) is 8.11. The van der Waals surface area contributed by atoms with Gasteiger partial charge in [0.1, 0.15) is 5.82 Å². The molecule has 0 radical (unpaired) electrons. The molecule has 0 aliphatic carbocycles. The Kier molecular flexibility index (Phi) is 6.12. The summed E-state index contributed by atoms with van der Waals surface area (Å²) in [5.74, 6) is 1.16. The van der Waals surface area contributed by atoms with Crippen molar-refractivity contribution in [1.29, 1.82) is 0 Å². The van der Waals surface area contributed by atoms with Gasteiger partial charge in [0, 0.05) is 43.2 Å². The van der Waals surface area contributed by atoms with E-state index >= 15 is 0 Å². The quantitative estimate of drug-likeness (QED) is 0.819. The van der Waals surface area contributed by atoms with Crippen LogP contribution >= 0.6 is 0 Å². The second kappa shape index (κ2) is 8.29. The van der Waals surface area contributed by atoms with E-state index in [0.29, 0.717) is 31.0 Å². The van der Waals surface area contributed by atoms with Gasteiger partial charge in [0.15, 0.2) is 0 Å². The van der Waals surface area contributed by atoms with E-state index < -0.39 is 0 Å². The fourth-order valence-corrected chi connectivity index (χ4v) is 2.31. The number of hydrogen-bond donors (Lipinski definition) is 2. The molecule has 6 nitrogen and oxygen atoms in total. The van der Waals surface area contributed by atoms with Crippen LogP contribution in [0.1, 0.15) is 32.5 Å².